The highest BCUT2D eigenvalue weighted by molar-refractivity contribution is 9.10. The predicted molar refractivity (Wildman–Crippen MR) is 87.1 cm³/mol. The summed E-state index contributed by atoms with van der Waals surface area (Å²) in [7, 11) is 1.39. The van der Waals surface area contributed by atoms with Crippen LogP contribution in [0.4, 0.5) is 5.69 Å². The van der Waals surface area contributed by atoms with E-state index in [4.69, 9.17) is 21.4 Å². The Labute approximate surface area is 140 Å². The Morgan fingerprint density at radius 1 is 1.23 bits per heavy atom. The van der Waals surface area contributed by atoms with Crippen molar-refractivity contribution in [2.24, 2.45) is 0 Å². The molecule has 0 aliphatic carbocycles. The van der Waals surface area contributed by atoms with Gasteiger partial charge >= 0.3 is 5.97 Å². The quantitative estimate of drug-likeness (QED) is 0.833. The molecule has 0 saturated heterocycles. The first-order chi connectivity index (χ1) is 10.4. The molecule has 2 N–H and O–H groups in total. The van der Waals surface area contributed by atoms with Gasteiger partial charge in [0.2, 0.25) is 0 Å². The molecule has 0 spiro atoms. The molecule has 2 aromatic rings. The third-order valence-electron chi connectivity index (χ3n) is 2.83. The van der Waals surface area contributed by atoms with Gasteiger partial charge < -0.3 is 15.2 Å². The number of carbonyl (C=O) groups is 2. The molecule has 22 heavy (non-hydrogen) atoms. The Hall–Kier alpha value is -2.05. The minimum atomic E-state index is -1.15. The minimum Gasteiger partial charge on any atom is -0.493 e. The molecule has 7 heteroatoms. The van der Waals surface area contributed by atoms with Crippen LogP contribution < -0.4 is 10.1 Å². The average molecular weight is 385 g/mol. The third kappa shape index (κ3) is 3.58. The fourth-order valence-corrected chi connectivity index (χ4v) is 2.54. The van der Waals surface area contributed by atoms with E-state index in [0.29, 0.717) is 5.56 Å². The smallest absolute Gasteiger partial charge is 0.335 e. The molecule has 0 fully saturated rings. The SMILES string of the molecule is COc1c(Cl)cc(C(=O)O)cc1NC(=O)c1cccc(Br)c1. The van der Waals surface area contributed by atoms with Crippen LogP contribution in [0.1, 0.15) is 20.7 Å². The number of rotatable bonds is 4. The number of carbonyl (C=O) groups excluding carboxylic acids is 1. The third-order valence-corrected chi connectivity index (χ3v) is 3.60. The number of aromatic carboxylic acids is 1. The zero-order valence-electron chi connectivity index (χ0n) is 11.4. The molecule has 0 aliphatic rings. The van der Waals surface area contributed by atoms with E-state index in [2.05, 4.69) is 21.2 Å². The van der Waals surface area contributed by atoms with Crippen LogP contribution in [0.5, 0.6) is 5.75 Å². The molecular weight excluding hydrogens is 374 g/mol. The molecule has 0 atom stereocenters. The molecule has 1 amide bonds. The highest BCUT2D eigenvalue weighted by atomic mass is 79.9. The number of anilines is 1. The second kappa shape index (κ2) is 6.81. The lowest BCUT2D eigenvalue weighted by molar-refractivity contribution is 0.0696. The molecule has 0 radical (unpaired) electrons. The Bertz CT molecular complexity index is 748. The fraction of sp³-hybridized carbons (Fsp3) is 0.0667. The number of ether oxygens (including phenoxy) is 1. The van der Waals surface area contributed by atoms with Gasteiger partial charge in [0.1, 0.15) is 0 Å². The van der Waals surface area contributed by atoms with Gasteiger partial charge in [0.15, 0.2) is 5.75 Å². The van der Waals surface area contributed by atoms with Crippen molar-refractivity contribution in [1.82, 2.24) is 0 Å². The molecule has 0 bridgehead atoms. The van der Waals surface area contributed by atoms with E-state index in [1.165, 1.54) is 19.2 Å². The number of methoxy groups -OCH3 is 1. The van der Waals surface area contributed by atoms with E-state index in [1.807, 2.05) is 0 Å². The summed E-state index contributed by atoms with van der Waals surface area (Å²) in [5, 5.41) is 11.8. The van der Waals surface area contributed by atoms with Gasteiger partial charge in [-0.05, 0) is 30.3 Å². The van der Waals surface area contributed by atoms with E-state index in [1.54, 1.807) is 24.3 Å². The summed E-state index contributed by atoms with van der Waals surface area (Å²) < 4.78 is 5.88. The molecule has 0 unspecified atom stereocenters. The topological polar surface area (TPSA) is 75.6 Å². The van der Waals surface area contributed by atoms with Gasteiger partial charge in [-0.15, -0.1) is 0 Å². The lowest BCUT2D eigenvalue weighted by Crippen LogP contribution is -2.13. The van der Waals surface area contributed by atoms with Crippen LogP contribution in [0, 0.1) is 0 Å². The van der Waals surface area contributed by atoms with E-state index in [9.17, 15) is 9.59 Å². The van der Waals surface area contributed by atoms with Crippen molar-refractivity contribution in [2.75, 3.05) is 12.4 Å². The van der Waals surface area contributed by atoms with Crippen LogP contribution in [0.2, 0.25) is 5.02 Å². The lowest BCUT2D eigenvalue weighted by atomic mass is 10.1. The summed E-state index contributed by atoms with van der Waals surface area (Å²) in [5.74, 6) is -1.35. The summed E-state index contributed by atoms with van der Waals surface area (Å²) in [4.78, 5) is 23.3. The number of carboxylic acid groups (broad SMARTS) is 1. The molecular formula is C15H11BrClNO4. The molecule has 2 aromatic carbocycles. The van der Waals surface area contributed by atoms with Gasteiger partial charge in [0, 0.05) is 10.0 Å². The van der Waals surface area contributed by atoms with Crippen LogP contribution in [0.15, 0.2) is 40.9 Å². The highest BCUT2D eigenvalue weighted by Gasteiger charge is 2.16. The maximum Gasteiger partial charge on any atom is 0.335 e. The molecule has 0 saturated carbocycles. The number of halogens is 2. The van der Waals surface area contributed by atoms with Crippen molar-refractivity contribution in [3.05, 3.63) is 57.0 Å². The summed E-state index contributed by atoms with van der Waals surface area (Å²) >= 11 is 9.27. The minimum absolute atomic E-state index is 0.0460. The molecule has 0 heterocycles. The number of benzene rings is 2. The van der Waals surface area contributed by atoms with Crippen molar-refractivity contribution in [2.45, 2.75) is 0 Å². The van der Waals surface area contributed by atoms with Crippen molar-refractivity contribution < 1.29 is 19.4 Å². The van der Waals surface area contributed by atoms with E-state index < -0.39 is 11.9 Å². The Morgan fingerprint density at radius 2 is 1.95 bits per heavy atom. The van der Waals surface area contributed by atoms with E-state index >= 15 is 0 Å². The van der Waals surface area contributed by atoms with Crippen LogP contribution in [-0.4, -0.2) is 24.1 Å². The number of nitrogens with one attached hydrogen (secondary N) is 1. The maximum absolute atomic E-state index is 12.2. The van der Waals surface area contributed by atoms with Crippen molar-refractivity contribution in [1.29, 1.82) is 0 Å². The molecule has 0 aromatic heterocycles. The Kier molecular flexibility index (Phi) is 5.05. The highest BCUT2D eigenvalue weighted by Crippen LogP contribution is 2.34. The number of hydrogen-bond donors (Lipinski definition) is 2. The largest absolute Gasteiger partial charge is 0.493 e. The first-order valence-corrected chi connectivity index (χ1v) is 7.27. The number of carboxylic acids is 1. The standard InChI is InChI=1S/C15H11BrClNO4/c1-22-13-11(17)6-9(15(20)21)7-12(13)18-14(19)8-3-2-4-10(16)5-8/h2-7H,1H3,(H,18,19)(H,20,21). The van der Waals surface area contributed by atoms with Crippen LogP contribution in [0.3, 0.4) is 0 Å². The molecule has 5 nitrogen and oxygen atoms in total. The Morgan fingerprint density at radius 3 is 2.55 bits per heavy atom. The first kappa shape index (κ1) is 16.3. The van der Waals surface area contributed by atoms with E-state index in [0.717, 1.165) is 4.47 Å². The fourth-order valence-electron chi connectivity index (χ4n) is 1.84. The maximum atomic E-state index is 12.2. The van der Waals surface area contributed by atoms with Gasteiger partial charge in [-0.3, -0.25) is 4.79 Å². The summed E-state index contributed by atoms with van der Waals surface area (Å²) in [5.41, 5.74) is 0.556. The molecule has 114 valence electrons. The summed E-state index contributed by atoms with van der Waals surface area (Å²) in [6, 6.07) is 9.34. The van der Waals surface area contributed by atoms with Crippen molar-refractivity contribution in [3.63, 3.8) is 0 Å². The van der Waals surface area contributed by atoms with Crippen molar-refractivity contribution >= 4 is 45.1 Å². The van der Waals surface area contributed by atoms with Crippen LogP contribution >= 0.6 is 27.5 Å². The monoisotopic (exact) mass is 383 g/mol. The van der Waals surface area contributed by atoms with Gasteiger partial charge in [-0.1, -0.05) is 33.6 Å². The van der Waals surface area contributed by atoms with Gasteiger partial charge in [-0.25, -0.2) is 4.79 Å². The van der Waals surface area contributed by atoms with E-state index in [-0.39, 0.29) is 22.0 Å². The second-order valence-corrected chi connectivity index (χ2v) is 5.63. The molecule has 0 aliphatic heterocycles. The number of hydrogen-bond acceptors (Lipinski definition) is 3. The lowest BCUT2D eigenvalue weighted by Gasteiger charge is -2.13. The summed E-state index contributed by atoms with van der Waals surface area (Å²) in [6.45, 7) is 0. The normalized spacial score (nSPS) is 10.1. The van der Waals surface area contributed by atoms with Gasteiger partial charge in [0.25, 0.3) is 5.91 Å². The van der Waals surface area contributed by atoms with Crippen LogP contribution in [0.25, 0.3) is 0 Å². The number of amides is 1. The predicted octanol–water partition coefficient (Wildman–Crippen LogP) is 4.06. The van der Waals surface area contributed by atoms with Gasteiger partial charge in [-0.2, -0.15) is 0 Å². The zero-order valence-corrected chi connectivity index (χ0v) is 13.7. The molecule has 2 rings (SSSR count). The van der Waals surface area contributed by atoms with Crippen molar-refractivity contribution in [3.8, 4) is 5.75 Å². The first-order valence-electron chi connectivity index (χ1n) is 6.10. The Balaban J connectivity index is 2.39. The second-order valence-electron chi connectivity index (χ2n) is 4.31. The average Bonchev–Trinajstić information content (AvgIpc) is 2.46. The summed E-state index contributed by atoms with van der Waals surface area (Å²) in [6.07, 6.45) is 0. The van der Waals surface area contributed by atoms with Crippen LogP contribution in [-0.2, 0) is 0 Å². The zero-order chi connectivity index (χ0) is 16.3. The van der Waals surface area contributed by atoms with Gasteiger partial charge in [0.05, 0.1) is 23.4 Å².